The number of hydrogen-bond acceptors (Lipinski definition) is 5. The average molecular weight is 308 g/mol. The van der Waals surface area contributed by atoms with Crippen molar-refractivity contribution in [3.8, 4) is 0 Å². The summed E-state index contributed by atoms with van der Waals surface area (Å²) >= 11 is 1.76. The summed E-state index contributed by atoms with van der Waals surface area (Å²) in [5.74, 6) is 0.599. The SMILES string of the molecule is CN1CCC(c2ncc(B3OC(C)(C)C(C)(C)O3)s2)CC1. The number of rotatable bonds is 2. The summed E-state index contributed by atoms with van der Waals surface area (Å²) in [4.78, 5) is 7.03. The maximum Gasteiger partial charge on any atom is 0.507 e. The molecule has 1 aromatic heterocycles. The second kappa shape index (κ2) is 5.34. The molecule has 0 aliphatic carbocycles. The van der Waals surface area contributed by atoms with Gasteiger partial charge >= 0.3 is 7.12 Å². The standard InChI is InChI=1S/C15H25BN2O2S/c1-14(2)15(3,4)20-16(19-14)12-10-17-13(21-12)11-6-8-18(5)9-7-11/h10-11H,6-9H2,1-5H3. The first-order chi connectivity index (χ1) is 9.78. The largest absolute Gasteiger partial charge is 0.507 e. The molecule has 0 N–H and O–H groups in total. The summed E-state index contributed by atoms with van der Waals surface area (Å²) in [6.45, 7) is 10.7. The minimum Gasteiger partial charge on any atom is -0.399 e. The Balaban J connectivity index is 1.71. The maximum atomic E-state index is 6.11. The van der Waals surface area contributed by atoms with Crippen molar-refractivity contribution in [2.75, 3.05) is 20.1 Å². The first-order valence-electron chi connectivity index (χ1n) is 7.78. The van der Waals surface area contributed by atoms with E-state index in [2.05, 4.69) is 44.6 Å². The molecule has 4 nitrogen and oxygen atoms in total. The van der Waals surface area contributed by atoms with Crippen molar-refractivity contribution < 1.29 is 9.31 Å². The molecule has 21 heavy (non-hydrogen) atoms. The van der Waals surface area contributed by atoms with E-state index in [1.54, 1.807) is 11.3 Å². The second-order valence-corrected chi connectivity index (χ2v) is 8.36. The van der Waals surface area contributed by atoms with Gasteiger partial charge in [-0.15, -0.1) is 11.3 Å². The Labute approximate surface area is 132 Å². The van der Waals surface area contributed by atoms with Crippen LogP contribution in [0.4, 0.5) is 0 Å². The Morgan fingerprint density at radius 1 is 1.19 bits per heavy atom. The fourth-order valence-electron chi connectivity index (χ4n) is 2.81. The van der Waals surface area contributed by atoms with Crippen molar-refractivity contribution in [3.63, 3.8) is 0 Å². The quantitative estimate of drug-likeness (QED) is 0.785. The molecule has 6 heteroatoms. The summed E-state index contributed by atoms with van der Waals surface area (Å²) in [5.41, 5.74) is -0.565. The van der Waals surface area contributed by atoms with E-state index in [9.17, 15) is 0 Å². The molecule has 1 aromatic rings. The second-order valence-electron chi connectivity index (χ2n) is 7.27. The third kappa shape index (κ3) is 2.91. The lowest BCUT2D eigenvalue weighted by molar-refractivity contribution is 0.00578. The number of likely N-dealkylation sites (tertiary alicyclic amines) is 1. The Bertz CT molecular complexity index is 494. The number of hydrogen-bond donors (Lipinski definition) is 0. The number of thiazole rings is 1. The van der Waals surface area contributed by atoms with Gasteiger partial charge in [-0.25, -0.2) is 4.98 Å². The van der Waals surface area contributed by atoms with Gasteiger partial charge in [0.15, 0.2) is 0 Å². The third-order valence-corrected chi connectivity index (χ3v) is 6.28. The topological polar surface area (TPSA) is 34.6 Å². The van der Waals surface area contributed by atoms with E-state index in [0.29, 0.717) is 5.92 Å². The van der Waals surface area contributed by atoms with Crippen molar-refractivity contribution >= 4 is 23.2 Å². The highest BCUT2D eigenvalue weighted by Gasteiger charge is 2.52. The molecule has 0 aromatic carbocycles. The zero-order valence-corrected chi connectivity index (χ0v) is 14.5. The van der Waals surface area contributed by atoms with Crippen LogP contribution in [0.15, 0.2) is 6.20 Å². The lowest BCUT2D eigenvalue weighted by Crippen LogP contribution is -2.41. The molecule has 3 heterocycles. The van der Waals surface area contributed by atoms with Crippen molar-refractivity contribution in [1.82, 2.24) is 9.88 Å². The zero-order chi connectivity index (χ0) is 15.3. The van der Waals surface area contributed by atoms with E-state index in [-0.39, 0.29) is 18.3 Å². The van der Waals surface area contributed by atoms with E-state index < -0.39 is 0 Å². The van der Waals surface area contributed by atoms with E-state index in [1.807, 2.05) is 6.20 Å². The van der Waals surface area contributed by atoms with Crippen molar-refractivity contribution in [2.45, 2.75) is 57.7 Å². The van der Waals surface area contributed by atoms with E-state index in [0.717, 1.165) is 17.9 Å². The van der Waals surface area contributed by atoms with Crippen molar-refractivity contribution in [1.29, 1.82) is 0 Å². The summed E-state index contributed by atoms with van der Waals surface area (Å²) in [6.07, 6.45) is 4.35. The molecule has 2 aliphatic heterocycles. The predicted octanol–water partition coefficient (Wildman–Crippen LogP) is 2.25. The predicted molar refractivity (Wildman–Crippen MR) is 87.3 cm³/mol. The van der Waals surface area contributed by atoms with E-state index in [1.165, 1.54) is 17.8 Å². The Morgan fingerprint density at radius 3 is 2.33 bits per heavy atom. The summed E-state index contributed by atoms with van der Waals surface area (Å²) in [7, 11) is 1.92. The Kier molecular flexibility index (Phi) is 3.93. The fourth-order valence-corrected chi connectivity index (χ4v) is 3.86. The Morgan fingerprint density at radius 2 is 1.76 bits per heavy atom. The minimum absolute atomic E-state index is 0.271. The third-order valence-electron chi connectivity index (χ3n) is 5.09. The lowest BCUT2D eigenvalue weighted by Gasteiger charge is -2.32. The molecule has 3 rings (SSSR count). The molecule has 0 bridgehead atoms. The number of piperidine rings is 1. The molecular weight excluding hydrogens is 283 g/mol. The molecule has 0 spiro atoms. The molecule has 2 fully saturated rings. The van der Waals surface area contributed by atoms with Crippen LogP contribution in [0.2, 0.25) is 0 Å². The number of nitrogens with zero attached hydrogens (tertiary/aromatic N) is 2. The van der Waals surface area contributed by atoms with Crippen LogP contribution in [0, 0.1) is 0 Å². The van der Waals surface area contributed by atoms with Crippen LogP contribution in [0.1, 0.15) is 51.5 Å². The first kappa shape index (κ1) is 15.5. The molecular formula is C15H25BN2O2S. The van der Waals surface area contributed by atoms with Crippen LogP contribution in [0.5, 0.6) is 0 Å². The molecule has 0 atom stereocenters. The minimum atomic E-state index is -0.282. The van der Waals surface area contributed by atoms with Crippen LogP contribution < -0.4 is 4.78 Å². The van der Waals surface area contributed by atoms with Gasteiger partial charge in [-0.1, -0.05) is 0 Å². The van der Waals surface area contributed by atoms with Crippen LogP contribution in [-0.4, -0.2) is 48.3 Å². The first-order valence-corrected chi connectivity index (χ1v) is 8.60. The molecule has 116 valence electrons. The fraction of sp³-hybridized carbons (Fsp3) is 0.800. The van der Waals surface area contributed by atoms with Gasteiger partial charge in [0.25, 0.3) is 0 Å². The lowest BCUT2D eigenvalue weighted by atomic mass is 9.89. The van der Waals surface area contributed by atoms with Crippen molar-refractivity contribution in [2.24, 2.45) is 0 Å². The van der Waals surface area contributed by atoms with Gasteiger partial charge in [0.1, 0.15) is 0 Å². The molecule has 0 amide bonds. The summed E-state index contributed by atoms with van der Waals surface area (Å²) < 4.78 is 13.3. The smallest absolute Gasteiger partial charge is 0.399 e. The van der Waals surface area contributed by atoms with Gasteiger partial charge in [-0.05, 0) is 60.7 Å². The highest BCUT2D eigenvalue weighted by Crippen LogP contribution is 2.37. The monoisotopic (exact) mass is 308 g/mol. The van der Waals surface area contributed by atoms with Crippen molar-refractivity contribution in [3.05, 3.63) is 11.2 Å². The van der Waals surface area contributed by atoms with Crippen LogP contribution in [0.3, 0.4) is 0 Å². The Hall–Kier alpha value is -0.425. The van der Waals surface area contributed by atoms with E-state index in [4.69, 9.17) is 9.31 Å². The van der Waals surface area contributed by atoms with Gasteiger partial charge in [-0.3, -0.25) is 0 Å². The highest BCUT2D eigenvalue weighted by molar-refractivity contribution is 7.22. The van der Waals surface area contributed by atoms with Gasteiger partial charge in [0, 0.05) is 12.1 Å². The van der Waals surface area contributed by atoms with Gasteiger partial charge in [0.05, 0.1) is 21.0 Å². The number of aromatic nitrogens is 1. The molecule has 2 saturated heterocycles. The summed E-state index contributed by atoms with van der Waals surface area (Å²) in [6, 6.07) is 0. The van der Waals surface area contributed by atoms with Gasteiger partial charge < -0.3 is 14.2 Å². The van der Waals surface area contributed by atoms with Crippen LogP contribution in [0.25, 0.3) is 0 Å². The molecule has 2 aliphatic rings. The maximum absolute atomic E-state index is 6.11. The van der Waals surface area contributed by atoms with Crippen LogP contribution >= 0.6 is 11.3 Å². The van der Waals surface area contributed by atoms with Crippen LogP contribution in [-0.2, 0) is 9.31 Å². The molecule has 0 radical (unpaired) electrons. The molecule has 0 saturated carbocycles. The summed E-state index contributed by atoms with van der Waals surface area (Å²) in [5, 5.41) is 1.24. The normalized spacial score (nSPS) is 26.4. The highest BCUT2D eigenvalue weighted by atomic mass is 32.1. The van der Waals surface area contributed by atoms with E-state index >= 15 is 0 Å². The van der Waals surface area contributed by atoms with Gasteiger partial charge in [-0.2, -0.15) is 0 Å². The average Bonchev–Trinajstić information content (AvgIpc) is 2.94. The zero-order valence-electron chi connectivity index (χ0n) is 13.7. The molecule has 0 unspecified atom stereocenters. The van der Waals surface area contributed by atoms with Gasteiger partial charge in [0.2, 0.25) is 0 Å².